The summed E-state index contributed by atoms with van der Waals surface area (Å²) in [6.07, 6.45) is 161. The Bertz CT molecular complexity index is 1500. The minimum atomic E-state index is 1.00. The molecule has 0 N–H and O–H groups in total. The zero-order valence-corrected chi connectivity index (χ0v) is 81.5. The first-order valence-corrected chi connectivity index (χ1v) is 56.8. The molecule has 0 spiro atoms. The maximum atomic E-state index is 2.33. The van der Waals surface area contributed by atoms with Crippen LogP contribution in [0.1, 0.15) is 721 Å². The molecule has 0 aliphatic heterocycles. The molecule has 0 rings (SSSR count). The van der Waals surface area contributed by atoms with E-state index in [4.69, 9.17) is 0 Å². The Morgan fingerprint density at radius 3 is 0.202 bits per heavy atom. The first kappa shape index (κ1) is 114. The third-order valence-corrected chi connectivity index (χ3v) is 28.3. The number of hydrogen-bond donors (Lipinski definition) is 0. The lowest BCUT2D eigenvalue weighted by Crippen LogP contribution is -2.07. The third-order valence-electron chi connectivity index (χ3n) is 28.3. The number of unbranched alkanes of at least 4 members (excludes halogenated alkanes) is 98. The second-order valence-corrected chi connectivity index (χ2v) is 40.1. The first-order chi connectivity index (χ1) is 56.8. The average Bonchev–Trinajstić information content (AvgIpc) is 0.961. The molecule has 0 aliphatic rings. The van der Waals surface area contributed by atoms with E-state index in [0.717, 1.165) is 11.8 Å². The molecule has 0 saturated carbocycles. The maximum absolute atomic E-state index is 2.33. The molecule has 0 bridgehead atoms. The molecule has 0 nitrogen and oxygen atoms in total. The van der Waals surface area contributed by atoms with Crippen LogP contribution in [0.4, 0.5) is 0 Å². The summed E-state index contributed by atoms with van der Waals surface area (Å²) >= 11 is 0. The van der Waals surface area contributed by atoms with Crippen molar-refractivity contribution in [1.29, 1.82) is 0 Å². The van der Waals surface area contributed by atoms with Crippen molar-refractivity contribution in [3.63, 3.8) is 0 Å². The molecule has 0 aromatic heterocycles. The second-order valence-electron chi connectivity index (χ2n) is 40.1. The fourth-order valence-electron chi connectivity index (χ4n) is 20.0. The monoisotopic (exact) mass is 1600 g/mol. The Kier molecular flexibility index (Phi) is 109. The summed E-state index contributed by atoms with van der Waals surface area (Å²) in [4.78, 5) is 0. The Morgan fingerprint density at radius 2 is 0.132 bits per heavy atom. The van der Waals surface area contributed by atoms with E-state index >= 15 is 0 Å². The Labute approximate surface area is 728 Å². The van der Waals surface area contributed by atoms with Crippen molar-refractivity contribution < 1.29 is 0 Å². The molecule has 0 saturated heterocycles. The highest BCUT2D eigenvalue weighted by Gasteiger charge is 2.16. The quantitative estimate of drug-likeness (QED) is 0.0533. The highest BCUT2D eigenvalue weighted by molar-refractivity contribution is 4.69. The van der Waals surface area contributed by atoms with Gasteiger partial charge in [-0.25, -0.2) is 0 Å². The van der Waals surface area contributed by atoms with Crippen LogP contribution in [-0.4, -0.2) is 0 Å². The highest BCUT2D eigenvalue weighted by atomic mass is 14.2. The van der Waals surface area contributed by atoms with Gasteiger partial charge in [0.15, 0.2) is 0 Å². The van der Waals surface area contributed by atoms with Gasteiger partial charge in [0, 0.05) is 0 Å². The van der Waals surface area contributed by atoms with E-state index in [1.54, 1.807) is 38.5 Å². The molecule has 1 atom stereocenters. The summed E-state index contributed by atoms with van der Waals surface area (Å²) in [6.45, 7) is 9.32. The van der Waals surface area contributed by atoms with E-state index in [2.05, 4.69) is 27.7 Å². The number of hydrogen-bond acceptors (Lipinski definition) is 0. The fourth-order valence-corrected chi connectivity index (χ4v) is 20.0. The van der Waals surface area contributed by atoms with Crippen molar-refractivity contribution in [3.8, 4) is 0 Å². The van der Waals surface area contributed by atoms with E-state index in [0.29, 0.717) is 0 Å². The van der Waals surface area contributed by atoms with Crippen molar-refractivity contribution in [1.82, 2.24) is 0 Å². The molecule has 0 heteroatoms. The second kappa shape index (κ2) is 109. The highest BCUT2D eigenvalue weighted by Crippen LogP contribution is 2.32. The normalized spacial score (nSPS) is 12.2. The van der Waals surface area contributed by atoms with Gasteiger partial charge in [-0.05, 0) is 11.8 Å². The van der Waals surface area contributed by atoms with Gasteiger partial charge in [0.2, 0.25) is 0 Å². The molecule has 0 aromatic rings. The molecule has 0 amide bonds. The predicted molar refractivity (Wildman–Crippen MR) is 528 cm³/mol. The SMILES string of the molecule is CCCCCCCCCCCCCCCCCCCCCCCCCCCCCCC(CCCCCCCCCCCCCCCCCCCCCCCC)CCC(CCCCCCCCCCCCCCCCCCCCCCCCCCCC)CCCCCCCCCCCCCCCCCCCCCCCCCCCC. The van der Waals surface area contributed by atoms with E-state index in [9.17, 15) is 0 Å². The van der Waals surface area contributed by atoms with Crippen LogP contribution in [0.25, 0.3) is 0 Å². The summed E-state index contributed by atoms with van der Waals surface area (Å²) in [5.74, 6) is 2.01. The van der Waals surface area contributed by atoms with Crippen LogP contribution < -0.4 is 0 Å². The van der Waals surface area contributed by atoms with Crippen LogP contribution in [-0.2, 0) is 0 Å². The van der Waals surface area contributed by atoms with Crippen LogP contribution in [0.3, 0.4) is 0 Å². The molecule has 0 radical (unpaired) electrons. The molecular weight excluding hydrogens is 1370 g/mol. The van der Waals surface area contributed by atoms with Gasteiger partial charge >= 0.3 is 0 Å². The van der Waals surface area contributed by atoms with Crippen molar-refractivity contribution >= 4 is 0 Å². The van der Waals surface area contributed by atoms with E-state index in [1.807, 2.05) is 0 Å². The van der Waals surface area contributed by atoms with Crippen molar-refractivity contribution in [2.75, 3.05) is 0 Å². The molecule has 0 heterocycles. The minimum Gasteiger partial charge on any atom is -0.0654 e. The zero-order valence-electron chi connectivity index (χ0n) is 81.5. The maximum Gasteiger partial charge on any atom is -0.0414 e. The Balaban J connectivity index is 4.92. The van der Waals surface area contributed by atoms with Crippen molar-refractivity contribution in [2.24, 2.45) is 11.8 Å². The van der Waals surface area contributed by atoms with Gasteiger partial charge in [-0.15, -0.1) is 0 Å². The fraction of sp³-hybridized carbons (Fsp3) is 1.00. The molecule has 0 aromatic carbocycles. The average molecular weight is 1600 g/mol. The topological polar surface area (TPSA) is 0 Å². The van der Waals surface area contributed by atoms with E-state index in [1.165, 1.54) is 655 Å². The Hall–Kier alpha value is 0. The van der Waals surface area contributed by atoms with Gasteiger partial charge in [-0.2, -0.15) is 0 Å². The van der Waals surface area contributed by atoms with Gasteiger partial charge < -0.3 is 0 Å². The summed E-state index contributed by atoms with van der Waals surface area (Å²) in [6, 6.07) is 0. The first-order valence-electron chi connectivity index (χ1n) is 56.8. The van der Waals surface area contributed by atoms with Crippen LogP contribution >= 0.6 is 0 Å². The molecule has 0 fully saturated rings. The lowest BCUT2D eigenvalue weighted by atomic mass is 9.84. The molecule has 1 unspecified atom stereocenters. The number of rotatable bonds is 109. The predicted octanol–water partition coefficient (Wildman–Crippen LogP) is 44.4. The zero-order chi connectivity index (χ0) is 81.5. The van der Waals surface area contributed by atoms with Gasteiger partial charge in [0.1, 0.15) is 0 Å². The van der Waals surface area contributed by atoms with E-state index < -0.39 is 0 Å². The molecule has 0 aliphatic carbocycles. The van der Waals surface area contributed by atoms with Crippen molar-refractivity contribution in [2.45, 2.75) is 721 Å². The van der Waals surface area contributed by atoms with Crippen LogP contribution in [0.5, 0.6) is 0 Å². The molecule has 114 heavy (non-hydrogen) atoms. The standard InChI is InChI=1S/C114H230/c1-5-9-13-17-21-25-29-33-37-41-45-49-53-56-59-60-63-66-70-74-78-82-86-90-94-98-102-106-108-113(107-103-99-95-91-87-83-79-75-71-67-52-48-44-40-36-32-28-24-20-16-12-8-4)111-112-114(109-104-100-96-92-88-84-80-76-72-68-64-61-57-54-50-46-42-38-34-30-26-22-18-14-10-6-2)110-105-101-97-93-89-85-81-77-73-69-65-62-58-55-51-47-43-39-35-31-27-23-19-15-11-7-3/h113-114H,5-112H2,1-4H3. The van der Waals surface area contributed by atoms with Crippen molar-refractivity contribution in [3.05, 3.63) is 0 Å². The lowest BCUT2D eigenvalue weighted by molar-refractivity contribution is 0.308. The summed E-state index contributed by atoms with van der Waals surface area (Å²) in [5.41, 5.74) is 0. The summed E-state index contributed by atoms with van der Waals surface area (Å²) < 4.78 is 0. The van der Waals surface area contributed by atoms with Gasteiger partial charge in [-0.3, -0.25) is 0 Å². The lowest BCUT2D eigenvalue weighted by Gasteiger charge is -2.22. The Morgan fingerprint density at radius 1 is 0.0702 bits per heavy atom. The summed E-state index contributed by atoms with van der Waals surface area (Å²) in [5, 5.41) is 0. The molecular formula is C114H230. The van der Waals surface area contributed by atoms with E-state index in [-0.39, 0.29) is 0 Å². The van der Waals surface area contributed by atoms with Gasteiger partial charge in [0.05, 0.1) is 0 Å². The van der Waals surface area contributed by atoms with Crippen LogP contribution in [0, 0.1) is 11.8 Å². The largest absolute Gasteiger partial charge is 0.0654 e. The van der Waals surface area contributed by atoms with Gasteiger partial charge in [-0.1, -0.05) is 721 Å². The van der Waals surface area contributed by atoms with Crippen LogP contribution in [0.2, 0.25) is 0 Å². The van der Waals surface area contributed by atoms with Gasteiger partial charge in [0.25, 0.3) is 0 Å². The minimum absolute atomic E-state index is 1.00. The molecule has 686 valence electrons. The smallest absolute Gasteiger partial charge is 0.0414 e. The third kappa shape index (κ3) is 104. The summed E-state index contributed by atoms with van der Waals surface area (Å²) in [7, 11) is 0. The van der Waals surface area contributed by atoms with Crippen LogP contribution in [0.15, 0.2) is 0 Å².